The van der Waals surface area contributed by atoms with E-state index in [0.717, 1.165) is 64.8 Å². The van der Waals surface area contributed by atoms with Gasteiger partial charge in [0.25, 0.3) is 0 Å². The molecule has 164 valence electrons. The second kappa shape index (κ2) is 7.68. The van der Waals surface area contributed by atoms with Gasteiger partial charge in [-0.1, -0.05) is 11.8 Å². The van der Waals surface area contributed by atoms with Crippen molar-refractivity contribution in [1.29, 1.82) is 0 Å². The second-order valence-electron chi connectivity index (χ2n) is 8.77. The lowest BCUT2D eigenvalue weighted by Gasteiger charge is -2.41. The molecule has 0 saturated carbocycles. The van der Waals surface area contributed by atoms with E-state index in [1.54, 1.807) is 11.8 Å². The van der Waals surface area contributed by atoms with Crippen LogP contribution in [0.15, 0.2) is 52.8 Å². The van der Waals surface area contributed by atoms with Gasteiger partial charge >= 0.3 is 0 Å². The van der Waals surface area contributed by atoms with Crippen LogP contribution in [-0.2, 0) is 11.8 Å². The van der Waals surface area contributed by atoms with Crippen LogP contribution < -0.4 is 10.6 Å². The summed E-state index contributed by atoms with van der Waals surface area (Å²) in [6.07, 6.45) is 7.77. The number of anilines is 1. The largest absolute Gasteiger partial charge is 0.379 e. The van der Waals surface area contributed by atoms with Gasteiger partial charge in [0.2, 0.25) is 0 Å². The molecule has 2 fully saturated rings. The lowest BCUT2D eigenvalue weighted by molar-refractivity contribution is 0.131. The molecule has 8 nitrogen and oxygen atoms in total. The molecule has 4 aromatic rings. The normalized spacial score (nSPS) is 20.6. The van der Waals surface area contributed by atoms with Gasteiger partial charge in [-0.05, 0) is 37.1 Å². The minimum atomic E-state index is 0.131. The number of hydrogen-bond acceptors (Lipinski definition) is 8. The Bertz CT molecular complexity index is 1300. The molecular weight excluding hydrogens is 422 g/mol. The Hall–Kier alpha value is -2.75. The van der Waals surface area contributed by atoms with Crippen molar-refractivity contribution in [1.82, 2.24) is 24.5 Å². The lowest BCUT2D eigenvalue weighted by atomic mass is 9.75. The van der Waals surface area contributed by atoms with Gasteiger partial charge in [-0.25, -0.2) is 19.9 Å². The topological polar surface area (TPSA) is 95.0 Å². The first-order chi connectivity index (χ1) is 15.6. The van der Waals surface area contributed by atoms with Gasteiger partial charge in [0.1, 0.15) is 22.0 Å². The standard InChI is InChI=1S/C23H25N7OS/c1-29-9-5-15-17(4-8-25-22(15)29)32-20-3-2-16-21(28-20)26-12-19(27-16)30-10-6-23(7-11-30)14-31-13-18(23)24/h2-5,8-9,12,18H,6-7,10-11,13-14,24H2,1H3. The number of aromatic nitrogens is 5. The van der Waals surface area contributed by atoms with Gasteiger partial charge in [-0.3, -0.25) is 0 Å². The summed E-state index contributed by atoms with van der Waals surface area (Å²) in [5.41, 5.74) is 8.89. The predicted molar refractivity (Wildman–Crippen MR) is 125 cm³/mol. The van der Waals surface area contributed by atoms with Crippen LogP contribution in [0, 0.1) is 5.41 Å². The van der Waals surface area contributed by atoms with Crippen molar-refractivity contribution in [3.8, 4) is 0 Å². The van der Waals surface area contributed by atoms with Crippen LogP contribution in [0.2, 0.25) is 0 Å². The van der Waals surface area contributed by atoms with Crippen molar-refractivity contribution in [2.45, 2.75) is 28.8 Å². The SMILES string of the molecule is Cn1ccc2c(Sc3ccc4nc(N5CCC6(CC5)COCC6N)cnc4n3)ccnc21. The van der Waals surface area contributed by atoms with E-state index in [1.165, 1.54) is 0 Å². The number of hydrogen-bond donors (Lipinski definition) is 1. The van der Waals surface area contributed by atoms with Gasteiger partial charge in [-0.15, -0.1) is 0 Å². The molecule has 0 amide bonds. The van der Waals surface area contributed by atoms with E-state index in [1.807, 2.05) is 48.4 Å². The van der Waals surface area contributed by atoms with Crippen LogP contribution in [-0.4, -0.2) is 56.8 Å². The number of piperidine rings is 1. The monoisotopic (exact) mass is 447 g/mol. The number of fused-ring (bicyclic) bond motifs is 2. The summed E-state index contributed by atoms with van der Waals surface area (Å²) in [5.74, 6) is 0.905. The Morgan fingerprint density at radius 3 is 2.81 bits per heavy atom. The van der Waals surface area contributed by atoms with Crippen LogP contribution in [0.3, 0.4) is 0 Å². The van der Waals surface area contributed by atoms with Gasteiger partial charge in [-0.2, -0.15) is 0 Å². The Kier molecular flexibility index (Phi) is 4.78. The van der Waals surface area contributed by atoms with Gasteiger partial charge < -0.3 is 19.9 Å². The van der Waals surface area contributed by atoms with E-state index in [4.69, 9.17) is 20.4 Å². The lowest BCUT2D eigenvalue weighted by Crippen LogP contribution is -2.49. The summed E-state index contributed by atoms with van der Waals surface area (Å²) in [6.45, 7) is 3.31. The highest BCUT2D eigenvalue weighted by atomic mass is 32.2. The zero-order valence-electron chi connectivity index (χ0n) is 17.9. The Labute approximate surface area is 190 Å². The Morgan fingerprint density at radius 1 is 1.12 bits per heavy atom. The summed E-state index contributed by atoms with van der Waals surface area (Å²) >= 11 is 1.62. The van der Waals surface area contributed by atoms with Crippen molar-refractivity contribution in [2.24, 2.45) is 18.2 Å². The minimum absolute atomic E-state index is 0.131. The first-order valence-electron chi connectivity index (χ1n) is 10.9. The van der Waals surface area contributed by atoms with Crippen LogP contribution in [0.5, 0.6) is 0 Å². The van der Waals surface area contributed by atoms with E-state index >= 15 is 0 Å². The average Bonchev–Trinajstić information content (AvgIpc) is 3.37. The van der Waals surface area contributed by atoms with Crippen LogP contribution in [0.1, 0.15) is 12.8 Å². The predicted octanol–water partition coefficient (Wildman–Crippen LogP) is 3.01. The highest BCUT2D eigenvalue weighted by Gasteiger charge is 2.44. The molecule has 2 aliphatic rings. The fourth-order valence-electron chi connectivity index (χ4n) is 4.80. The maximum absolute atomic E-state index is 6.32. The number of rotatable bonds is 3. The quantitative estimate of drug-likeness (QED) is 0.512. The number of pyridine rings is 2. The first-order valence-corrected chi connectivity index (χ1v) is 11.7. The van der Waals surface area contributed by atoms with Crippen LogP contribution >= 0.6 is 11.8 Å². The zero-order valence-corrected chi connectivity index (χ0v) is 18.8. The molecule has 2 N–H and O–H groups in total. The maximum Gasteiger partial charge on any atom is 0.179 e. The molecule has 0 radical (unpaired) electrons. The summed E-state index contributed by atoms with van der Waals surface area (Å²) in [5, 5.41) is 2.02. The van der Waals surface area contributed by atoms with E-state index in [-0.39, 0.29) is 11.5 Å². The third-order valence-electron chi connectivity index (χ3n) is 6.87. The molecule has 1 atom stereocenters. The Balaban J connectivity index is 1.22. The molecule has 4 aromatic heterocycles. The molecule has 2 saturated heterocycles. The van der Waals surface area contributed by atoms with Crippen molar-refractivity contribution in [2.75, 3.05) is 31.2 Å². The van der Waals surface area contributed by atoms with Crippen molar-refractivity contribution in [3.63, 3.8) is 0 Å². The van der Waals surface area contributed by atoms with E-state index in [2.05, 4.69) is 20.9 Å². The van der Waals surface area contributed by atoms with Crippen molar-refractivity contribution >= 4 is 39.8 Å². The molecule has 32 heavy (non-hydrogen) atoms. The maximum atomic E-state index is 6.32. The highest BCUT2D eigenvalue weighted by molar-refractivity contribution is 7.99. The van der Waals surface area contributed by atoms with E-state index < -0.39 is 0 Å². The van der Waals surface area contributed by atoms with Crippen molar-refractivity contribution in [3.05, 3.63) is 42.9 Å². The molecular formula is C23H25N7OS. The number of ether oxygens (including phenoxy) is 1. The van der Waals surface area contributed by atoms with Gasteiger partial charge in [0, 0.05) is 54.3 Å². The molecule has 6 heterocycles. The molecule has 6 rings (SSSR count). The molecule has 9 heteroatoms. The van der Waals surface area contributed by atoms with Crippen LogP contribution in [0.25, 0.3) is 22.2 Å². The number of nitrogens with two attached hydrogens (primary N) is 1. The molecule has 0 aromatic carbocycles. The minimum Gasteiger partial charge on any atom is -0.379 e. The molecule has 0 bridgehead atoms. The van der Waals surface area contributed by atoms with Gasteiger partial charge in [0.15, 0.2) is 5.65 Å². The molecule has 2 aliphatic heterocycles. The molecule has 1 spiro atoms. The fourth-order valence-corrected chi connectivity index (χ4v) is 5.69. The third kappa shape index (κ3) is 3.32. The number of aryl methyl sites for hydroxylation is 1. The van der Waals surface area contributed by atoms with E-state index in [0.29, 0.717) is 12.3 Å². The summed E-state index contributed by atoms with van der Waals surface area (Å²) < 4.78 is 7.66. The average molecular weight is 448 g/mol. The number of nitrogens with zero attached hydrogens (tertiary/aromatic N) is 6. The van der Waals surface area contributed by atoms with E-state index in [9.17, 15) is 0 Å². The summed E-state index contributed by atoms with van der Waals surface area (Å²) in [6, 6.07) is 8.28. The fraction of sp³-hybridized carbons (Fsp3) is 0.391. The summed E-state index contributed by atoms with van der Waals surface area (Å²) in [4.78, 5) is 22.1. The Morgan fingerprint density at radius 2 is 2.00 bits per heavy atom. The summed E-state index contributed by atoms with van der Waals surface area (Å²) in [7, 11) is 2.00. The second-order valence-corrected chi connectivity index (χ2v) is 9.83. The molecule has 1 unspecified atom stereocenters. The highest BCUT2D eigenvalue weighted by Crippen LogP contribution is 2.39. The van der Waals surface area contributed by atoms with Crippen LogP contribution in [0.4, 0.5) is 5.82 Å². The molecule has 0 aliphatic carbocycles. The smallest absolute Gasteiger partial charge is 0.179 e. The van der Waals surface area contributed by atoms with Crippen molar-refractivity contribution < 1.29 is 4.74 Å². The zero-order chi connectivity index (χ0) is 21.7. The third-order valence-corrected chi connectivity index (χ3v) is 7.88. The van der Waals surface area contributed by atoms with Gasteiger partial charge in [0.05, 0.1) is 19.4 Å². The first kappa shape index (κ1) is 19.9.